The van der Waals surface area contributed by atoms with Gasteiger partial charge >= 0.3 is 0 Å². The van der Waals surface area contributed by atoms with E-state index in [0.717, 1.165) is 17.7 Å². The summed E-state index contributed by atoms with van der Waals surface area (Å²) < 4.78 is 0. The van der Waals surface area contributed by atoms with Gasteiger partial charge in [0, 0.05) is 18.0 Å². The van der Waals surface area contributed by atoms with Crippen molar-refractivity contribution in [2.75, 3.05) is 11.1 Å². The molecule has 0 unspecified atom stereocenters. The summed E-state index contributed by atoms with van der Waals surface area (Å²) in [6, 6.07) is 9.03. The number of hydrogen-bond acceptors (Lipinski definition) is 4. The van der Waals surface area contributed by atoms with Crippen molar-refractivity contribution in [2.24, 2.45) is 0 Å². The van der Waals surface area contributed by atoms with Crippen LogP contribution in [-0.4, -0.2) is 21.6 Å². The normalized spacial score (nSPS) is 10.2. The number of para-hydroxylation sites is 1. The van der Waals surface area contributed by atoms with Crippen molar-refractivity contribution >= 4 is 23.4 Å². The standard InChI is InChI=1S/C14H15N3O2S/c1-2-10-5-3-4-6-11(10)16-13(19)9-20-14-15-8-7-12(18)17-14/h3-8H,2,9H2,1H3,(H,16,19)(H,15,17,18). The van der Waals surface area contributed by atoms with E-state index in [4.69, 9.17) is 0 Å². The summed E-state index contributed by atoms with van der Waals surface area (Å²) in [6.07, 6.45) is 2.28. The molecule has 6 heteroatoms. The molecular formula is C14H15N3O2S. The largest absolute Gasteiger partial charge is 0.325 e. The highest BCUT2D eigenvalue weighted by atomic mass is 32.2. The molecule has 0 aliphatic carbocycles. The number of aryl methyl sites for hydroxylation is 1. The van der Waals surface area contributed by atoms with Crippen LogP contribution >= 0.6 is 11.8 Å². The quantitative estimate of drug-likeness (QED) is 0.652. The topological polar surface area (TPSA) is 74.8 Å². The number of rotatable bonds is 5. The van der Waals surface area contributed by atoms with Gasteiger partial charge in [0.1, 0.15) is 0 Å². The maximum atomic E-state index is 11.9. The van der Waals surface area contributed by atoms with Gasteiger partial charge in [0.25, 0.3) is 5.56 Å². The third kappa shape index (κ3) is 3.96. The van der Waals surface area contributed by atoms with Crippen molar-refractivity contribution in [1.29, 1.82) is 0 Å². The van der Waals surface area contributed by atoms with E-state index in [1.165, 1.54) is 24.0 Å². The molecule has 2 rings (SSSR count). The molecular weight excluding hydrogens is 274 g/mol. The van der Waals surface area contributed by atoms with E-state index in [9.17, 15) is 9.59 Å². The Morgan fingerprint density at radius 1 is 1.35 bits per heavy atom. The Balaban J connectivity index is 1.94. The zero-order valence-corrected chi connectivity index (χ0v) is 11.9. The van der Waals surface area contributed by atoms with Crippen molar-refractivity contribution in [3.63, 3.8) is 0 Å². The van der Waals surface area contributed by atoms with Gasteiger partial charge in [-0.3, -0.25) is 9.59 Å². The highest BCUT2D eigenvalue weighted by molar-refractivity contribution is 7.99. The molecule has 0 saturated carbocycles. The molecule has 1 amide bonds. The molecule has 0 radical (unpaired) electrons. The Kier molecular flexibility index (Phi) is 4.95. The van der Waals surface area contributed by atoms with E-state index in [0.29, 0.717) is 5.16 Å². The Hall–Kier alpha value is -2.08. The maximum Gasteiger partial charge on any atom is 0.251 e. The van der Waals surface area contributed by atoms with Gasteiger partial charge in [-0.1, -0.05) is 36.9 Å². The summed E-state index contributed by atoms with van der Waals surface area (Å²) in [5.74, 6) is 0.0766. The number of aromatic amines is 1. The lowest BCUT2D eigenvalue weighted by Gasteiger charge is -2.09. The number of anilines is 1. The average molecular weight is 289 g/mol. The van der Waals surface area contributed by atoms with Gasteiger partial charge in [0.2, 0.25) is 5.91 Å². The van der Waals surface area contributed by atoms with Gasteiger partial charge in [-0.05, 0) is 18.1 Å². The first-order chi connectivity index (χ1) is 9.69. The molecule has 1 aromatic carbocycles. The van der Waals surface area contributed by atoms with Crippen LogP contribution in [0, 0.1) is 0 Å². The first-order valence-corrected chi connectivity index (χ1v) is 7.23. The van der Waals surface area contributed by atoms with Gasteiger partial charge < -0.3 is 10.3 Å². The Labute approximate surface area is 120 Å². The van der Waals surface area contributed by atoms with Crippen LogP contribution in [0.5, 0.6) is 0 Å². The smallest absolute Gasteiger partial charge is 0.251 e. The van der Waals surface area contributed by atoms with Crippen molar-refractivity contribution in [1.82, 2.24) is 9.97 Å². The molecule has 0 bridgehead atoms. The van der Waals surface area contributed by atoms with Crippen LogP contribution in [0.3, 0.4) is 0 Å². The van der Waals surface area contributed by atoms with Crippen LogP contribution in [-0.2, 0) is 11.2 Å². The van der Waals surface area contributed by atoms with Crippen LogP contribution < -0.4 is 10.9 Å². The van der Waals surface area contributed by atoms with E-state index in [1.54, 1.807) is 0 Å². The fourth-order valence-electron chi connectivity index (χ4n) is 1.70. The predicted octanol–water partition coefficient (Wildman–Crippen LogP) is 2.06. The lowest BCUT2D eigenvalue weighted by atomic mass is 10.1. The van der Waals surface area contributed by atoms with Crippen LogP contribution in [0.2, 0.25) is 0 Å². The van der Waals surface area contributed by atoms with E-state index < -0.39 is 0 Å². The summed E-state index contributed by atoms with van der Waals surface area (Å²) in [4.78, 5) is 29.5. The molecule has 0 saturated heterocycles. The molecule has 0 aliphatic heterocycles. The Morgan fingerprint density at radius 2 is 2.15 bits per heavy atom. The van der Waals surface area contributed by atoms with E-state index in [2.05, 4.69) is 15.3 Å². The molecule has 1 heterocycles. The monoisotopic (exact) mass is 289 g/mol. The summed E-state index contributed by atoms with van der Waals surface area (Å²) in [5, 5.41) is 3.31. The maximum absolute atomic E-state index is 11.9. The third-order valence-electron chi connectivity index (χ3n) is 2.66. The van der Waals surface area contributed by atoms with Crippen LogP contribution in [0.25, 0.3) is 0 Å². The summed E-state index contributed by atoms with van der Waals surface area (Å²) in [7, 11) is 0. The molecule has 2 aromatic rings. The lowest BCUT2D eigenvalue weighted by molar-refractivity contribution is -0.113. The molecule has 5 nitrogen and oxygen atoms in total. The fraction of sp³-hybridized carbons (Fsp3) is 0.214. The number of H-pyrrole nitrogens is 1. The minimum atomic E-state index is -0.223. The van der Waals surface area contributed by atoms with Gasteiger partial charge in [0.05, 0.1) is 5.75 Å². The van der Waals surface area contributed by atoms with Crippen molar-refractivity contribution in [3.8, 4) is 0 Å². The summed E-state index contributed by atoms with van der Waals surface area (Å²) in [5.41, 5.74) is 1.70. The molecule has 0 fully saturated rings. The third-order valence-corrected chi connectivity index (χ3v) is 3.55. The zero-order valence-electron chi connectivity index (χ0n) is 11.1. The highest BCUT2D eigenvalue weighted by Gasteiger charge is 2.07. The number of carbonyl (C=O) groups excluding carboxylic acids is 1. The Morgan fingerprint density at radius 3 is 2.90 bits per heavy atom. The minimum Gasteiger partial charge on any atom is -0.325 e. The second-order valence-electron chi connectivity index (χ2n) is 4.09. The number of thioether (sulfide) groups is 1. The first-order valence-electron chi connectivity index (χ1n) is 6.25. The molecule has 20 heavy (non-hydrogen) atoms. The molecule has 1 aromatic heterocycles. The van der Waals surface area contributed by atoms with Crippen molar-refractivity contribution in [3.05, 3.63) is 52.4 Å². The molecule has 0 aliphatic rings. The molecule has 104 valence electrons. The fourth-order valence-corrected chi connectivity index (χ4v) is 2.34. The SMILES string of the molecule is CCc1ccccc1NC(=O)CSc1nccc(=O)[nH]1. The van der Waals surface area contributed by atoms with Crippen LogP contribution in [0.4, 0.5) is 5.69 Å². The zero-order chi connectivity index (χ0) is 14.4. The molecule has 0 atom stereocenters. The molecule has 2 N–H and O–H groups in total. The number of aromatic nitrogens is 2. The number of carbonyl (C=O) groups is 1. The Bertz CT molecular complexity index is 655. The number of nitrogens with zero attached hydrogens (tertiary/aromatic N) is 1. The lowest BCUT2D eigenvalue weighted by Crippen LogP contribution is -2.16. The number of hydrogen-bond donors (Lipinski definition) is 2. The van der Waals surface area contributed by atoms with Crippen molar-refractivity contribution < 1.29 is 4.79 Å². The van der Waals surface area contributed by atoms with Gasteiger partial charge in [-0.25, -0.2) is 4.98 Å². The van der Waals surface area contributed by atoms with Gasteiger partial charge in [-0.15, -0.1) is 0 Å². The first kappa shape index (κ1) is 14.3. The number of amides is 1. The van der Waals surface area contributed by atoms with E-state index in [1.807, 2.05) is 31.2 Å². The second kappa shape index (κ2) is 6.91. The summed E-state index contributed by atoms with van der Waals surface area (Å²) in [6.45, 7) is 2.04. The van der Waals surface area contributed by atoms with Gasteiger partial charge in [0.15, 0.2) is 5.16 Å². The summed E-state index contributed by atoms with van der Waals surface area (Å²) >= 11 is 1.20. The second-order valence-corrected chi connectivity index (χ2v) is 5.05. The van der Waals surface area contributed by atoms with Crippen LogP contribution in [0.1, 0.15) is 12.5 Å². The van der Waals surface area contributed by atoms with E-state index in [-0.39, 0.29) is 17.2 Å². The molecule has 0 spiro atoms. The van der Waals surface area contributed by atoms with E-state index >= 15 is 0 Å². The predicted molar refractivity (Wildman–Crippen MR) is 80.0 cm³/mol. The minimum absolute atomic E-state index is 0.123. The van der Waals surface area contributed by atoms with Crippen LogP contribution in [0.15, 0.2) is 46.5 Å². The number of benzene rings is 1. The highest BCUT2D eigenvalue weighted by Crippen LogP contribution is 2.16. The average Bonchev–Trinajstić information content (AvgIpc) is 2.46. The van der Waals surface area contributed by atoms with Crippen molar-refractivity contribution in [2.45, 2.75) is 18.5 Å². The number of nitrogens with one attached hydrogen (secondary N) is 2. The van der Waals surface area contributed by atoms with Gasteiger partial charge in [-0.2, -0.15) is 0 Å².